The van der Waals surface area contributed by atoms with Crippen LogP contribution in [0.1, 0.15) is 0 Å². The van der Waals surface area contributed by atoms with Crippen LogP contribution in [0.2, 0.25) is 0 Å². The molecule has 0 aliphatic rings. The highest BCUT2D eigenvalue weighted by Gasteiger charge is 2.20. The molecule has 0 amide bonds. The maximum absolute atomic E-state index is 2.46. The quantitative estimate of drug-likeness (QED) is 0.203. The molecule has 0 aliphatic carbocycles. The van der Waals surface area contributed by atoms with Gasteiger partial charge in [0.1, 0.15) is 0 Å². The van der Waals surface area contributed by atoms with Crippen molar-refractivity contribution in [3.8, 4) is 33.6 Å². The summed E-state index contributed by atoms with van der Waals surface area (Å²) in [5.41, 5.74) is 12.0. The Morgan fingerprint density at radius 3 is 1.14 bits per heavy atom. The predicted molar refractivity (Wildman–Crippen MR) is 186 cm³/mol. The van der Waals surface area contributed by atoms with E-state index in [-0.39, 0.29) is 0 Å². The zero-order chi connectivity index (χ0) is 29.0. The Bertz CT molecular complexity index is 2370. The molecule has 0 fully saturated rings. The van der Waals surface area contributed by atoms with Gasteiger partial charge in [-0.15, -0.1) is 0 Å². The Balaban J connectivity index is 1.30. The molecule has 2 heteroatoms. The van der Waals surface area contributed by atoms with Gasteiger partial charge in [-0.25, -0.2) is 0 Å². The molecule has 0 saturated heterocycles. The van der Waals surface area contributed by atoms with Crippen molar-refractivity contribution in [3.63, 3.8) is 0 Å². The monoisotopic (exact) mass is 560 g/mol. The van der Waals surface area contributed by atoms with Crippen molar-refractivity contribution in [3.05, 3.63) is 170 Å². The number of para-hydroxylation sites is 5. The number of fused-ring (bicyclic) bond motifs is 6. The lowest BCUT2D eigenvalue weighted by atomic mass is 9.95. The SMILES string of the molecule is c1ccc(-c2cccc(-c3ccc(-n4c5ccccc5c5ccccc54)cc3)c2-n2c3ccccc3c3ccccc32)cc1. The van der Waals surface area contributed by atoms with Gasteiger partial charge < -0.3 is 9.13 Å². The Morgan fingerprint density at radius 2 is 0.659 bits per heavy atom. The van der Waals surface area contributed by atoms with E-state index in [1.54, 1.807) is 0 Å². The van der Waals surface area contributed by atoms with E-state index in [0.29, 0.717) is 0 Å². The average molecular weight is 561 g/mol. The fourth-order valence-electron chi connectivity index (χ4n) is 7.02. The molecule has 0 atom stereocenters. The van der Waals surface area contributed by atoms with Gasteiger partial charge in [0.25, 0.3) is 0 Å². The van der Waals surface area contributed by atoms with Crippen LogP contribution in [0.4, 0.5) is 0 Å². The van der Waals surface area contributed by atoms with Crippen LogP contribution in [-0.2, 0) is 0 Å². The van der Waals surface area contributed by atoms with Gasteiger partial charge in [0, 0.05) is 38.4 Å². The minimum atomic E-state index is 1.16. The predicted octanol–water partition coefficient (Wildman–Crippen LogP) is 11.2. The second-order valence-electron chi connectivity index (χ2n) is 11.4. The standard InChI is InChI=1S/C42H28N2/c1-2-13-29(14-3-1)32-19-12-20-33(42(32)44-40-23-10-6-17-36(40)37-18-7-11-24-41(37)44)30-25-27-31(28-26-30)43-38-21-8-4-15-34(38)35-16-5-9-22-39(35)43/h1-28H. The molecule has 0 radical (unpaired) electrons. The summed E-state index contributed by atoms with van der Waals surface area (Å²) in [6.07, 6.45) is 0. The highest BCUT2D eigenvalue weighted by molar-refractivity contribution is 6.11. The van der Waals surface area contributed by atoms with Crippen molar-refractivity contribution in [2.24, 2.45) is 0 Å². The third-order valence-corrected chi connectivity index (χ3v) is 8.94. The zero-order valence-corrected chi connectivity index (χ0v) is 24.1. The van der Waals surface area contributed by atoms with E-state index in [0.717, 1.165) is 5.69 Å². The molecule has 9 aromatic rings. The van der Waals surface area contributed by atoms with Gasteiger partial charge in [0.2, 0.25) is 0 Å². The number of hydrogen-bond donors (Lipinski definition) is 0. The molecule has 0 unspecified atom stereocenters. The molecule has 7 aromatic carbocycles. The van der Waals surface area contributed by atoms with E-state index in [4.69, 9.17) is 0 Å². The summed E-state index contributed by atoms with van der Waals surface area (Å²) in [4.78, 5) is 0. The van der Waals surface area contributed by atoms with Gasteiger partial charge in [-0.2, -0.15) is 0 Å². The Kier molecular flexibility index (Phi) is 5.54. The van der Waals surface area contributed by atoms with Gasteiger partial charge in [0.05, 0.1) is 27.8 Å². The molecule has 0 aliphatic heterocycles. The fourth-order valence-corrected chi connectivity index (χ4v) is 7.02. The van der Waals surface area contributed by atoms with Crippen LogP contribution in [0.15, 0.2) is 170 Å². The molecule has 2 aromatic heterocycles. The van der Waals surface area contributed by atoms with Gasteiger partial charge in [-0.1, -0.05) is 133 Å². The van der Waals surface area contributed by atoms with Crippen molar-refractivity contribution in [1.82, 2.24) is 9.13 Å². The zero-order valence-electron chi connectivity index (χ0n) is 24.1. The van der Waals surface area contributed by atoms with Crippen molar-refractivity contribution in [2.45, 2.75) is 0 Å². The van der Waals surface area contributed by atoms with Crippen molar-refractivity contribution in [1.29, 1.82) is 0 Å². The van der Waals surface area contributed by atoms with E-state index < -0.39 is 0 Å². The molecule has 2 heterocycles. The van der Waals surface area contributed by atoms with Crippen LogP contribution in [0.25, 0.3) is 77.2 Å². The van der Waals surface area contributed by atoms with E-state index in [1.807, 2.05) is 0 Å². The Hall–Kier alpha value is -5.86. The summed E-state index contributed by atoms with van der Waals surface area (Å²) in [6, 6.07) is 61.4. The first-order valence-corrected chi connectivity index (χ1v) is 15.1. The van der Waals surface area contributed by atoms with E-state index in [1.165, 1.54) is 71.6 Å². The minimum absolute atomic E-state index is 1.16. The number of benzene rings is 7. The van der Waals surface area contributed by atoms with E-state index in [9.17, 15) is 0 Å². The summed E-state index contributed by atoms with van der Waals surface area (Å²) in [5, 5.41) is 5.07. The summed E-state index contributed by atoms with van der Waals surface area (Å²) in [7, 11) is 0. The molecule has 0 saturated carbocycles. The molecule has 206 valence electrons. The lowest BCUT2D eigenvalue weighted by Crippen LogP contribution is -2.01. The highest BCUT2D eigenvalue weighted by atomic mass is 15.0. The Morgan fingerprint density at radius 1 is 0.273 bits per heavy atom. The van der Waals surface area contributed by atoms with Crippen LogP contribution < -0.4 is 0 Å². The second-order valence-corrected chi connectivity index (χ2v) is 11.4. The summed E-state index contributed by atoms with van der Waals surface area (Å²) >= 11 is 0. The molecule has 2 nitrogen and oxygen atoms in total. The molecule has 0 spiro atoms. The lowest BCUT2D eigenvalue weighted by molar-refractivity contribution is 1.17. The first kappa shape index (κ1) is 24.7. The fraction of sp³-hybridized carbons (Fsp3) is 0. The average Bonchev–Trinajstić information content (AvgIpc) is 3.61. The van der Waals surface area contributed by atoms with Gasteiger partial charge in [-0.3, -0.25) is 0 Å². The lowest BCUT2D eigenvalue weighted by Gasteiger charge is -2.19. The van der Waals surface area contributed by atoms with E-state index in [2.05, 4.69) is 179 Å². The molecule has 9 rings (SSSR count). The smallest absolute Gasteiger partial charge is 0.0618 e. The van der Waals surface area contributed by atoms with Crippen LogP contribution >= 0.6 is 0 Å². The van der Waals surface area contributed by atoms with Gasteiger partial charge in [-0.05, 0) is 47.5 Å². The molecule has 0 bridgehead atoms. The number of rotatable bonds is 4. The van der Waals surface area contributed by atoms with Crippen molar-refractivity contribution < 1.29 is 0 Å². The molecular formula is C42H28N2. The molecular weight excluding hydrogens is 532 g/mol. The second kappa shape index (κ2) is 9.86. The van der Waals surface area contributed by atoms with Crippen LogP contribution in [-0.4, -0.2) is 9.13 Å². The third kappa shape index (κ3) is 3.68. The molecule has 44 heavy (non-hydrogen) atoms. The van der Waals surface area contributed by atoms with Gasteiger partial charge >= 0.3 is 0 Å². The minimum Gasteiger partial charge on any atom is -0.309 e. The maximum Gasteiger partial charge on any atom is 0.0618 e. The number of aromatic nitrogens is 2. The summed E-state index contributed by atoms with van der Waals surface area (Å²) < 4.78 is 4.84. The Labute approximate surface area is 255 Å². The molecule has 0 N–H and O–H groups in total. The van der Waals surface area contributed by atoms with Crippen molar-refractivity contribution >= 4 is 43.6 Å². The normalized spacial score (nSPS) is 11.6. The first-order valence-electron chi connectivity index (χ1n) is 15.1. The van der Waals surface area contributed by atoms with Crippen molar-refractivity contribution in [2.75, 3.05) is 0 Å². The number of nitrogens with zero attached hydrogens (tertiary/aromatic N) is 2. The largest absolute Gasteiger partial charge is 0.309 e. The highest BCUT2D eigenvalue weighted by Crippen LogP contribution is 2.41. The van der Waals surface area contributed by atoms with Crippen LogP contribution in [0.5, 0.6) is 0 Å². The van der Waals surface area contributed by atoms with E-state index >= 15 is 0 Å². The third-order valence-electron chi connectivity index (χ3n) is 8.94. The van der Waals surface area contributed by atoms with Crippen LogP contribution in [0, 0.1) is 0 Å². The maximum atomic E-state index is 2.46. The van der Waals surface area contributed by atoms with Crippen LogP contribution in [0.3, 0.4) is 0 Å². The first-order chi connectivity index (χ1) is 21.9. The summed E-state index contributed by atoms with van der Waals surface area (Å²) in [6.45, 7) is 0. The number of hydrogen-bond acceptors (Lipinski definition) is 0. The summed E-state index contributed by atoms with van der Waals surface area (Å²) in [5.74, 6) is 0. The topological polar surface area (TPSA) is 9.86 Å². The van der Waals surface area contributed by atoms with Gasteiger partial charge in [0.15, 0.2) is 0 Å².